The second kappa shape index (κ2) is 35.1. The van der Waals surface area contributed by atoms with Crippen LogP contribution in [-0.4, -0.2) is 10.2 Å². The van der Waals surface area contributed by atoms with Crippen LogP contribution in [0.2, 0.25) is 0 Å². The van der Waals surface area contributed by atoms with Crippen molar-refractivity contribution in [3.05, 3.63) is 306 Å². The summed E-state index contributed by atoms with van der Waals surface area (Å²) in [6, 6.07) is 14.1. The number of halogens is 40. The fraction of sp³-hybridized carbons (Fsp3) is 0.0526. The predicted molar refractivity (Wildman–Crippen MR) is 348 cm³/mol. The van der Waals surface area contributed by atoms with Gasteiger partial charge in [-0.15, -0.1) is 0 Å². The summed E-state index contributed by atoms with van der Waals surface area (Å²) in [6.07, 6.45) is -19.2. The normalized spacial score (nSPS) is 11.9. The van der Waals surface area contributed by atoms with E-state index in [-0.39, 0.29) is 33.8 Å². The molecule has 12 rings (SSSR count). The van der Waals surface area contributed by atoms with Crippen LogP contribution in [0.1, 0.15) is 22.3 Å². The lowest BCUT2D eigenvalue weighted by Crippen LogP contribution is -2.07. The molecule has 0 atom stereocenters. The van der Waals surface area contributed by atoms with Crippen molar-refractivity contribution in [1.82, 2.24) is 0 Å². The highest BCUT2D eigenvalue weighted by molar-refractivity contribution is 8.00. The summed E-state index contributed by atoms with van der Waals surface area (Å²) in [5.74, 6) is -81.1. The monoisotopic (exact) mass is 1850 g/mol. The van der Waals surface area contributed by atoms with Crippen molar-refractivity contribution >= 4 is 35.3 Å². The van der Waals surface area contributed by atoms with Gasteiger partial charge in [-0.2, -0.15) is 70.2 Å². The van der Waals surface area contributed by atoms with Gasteiger partial charge in [-0.05, 0) is 95.1 Å². The third-order valence-electron chi connectivity index (χ3n) is 16.4. The van der Waals surface area contributed by atoms with Crippen LogP contribution in [0.25, 0.3) is 44.5 Å². The van der Waals surface area contributed by atoms with Gasteiger partial charge in [0, 0.05) is 22.3 Å². The lowest BCUT2D eigenvalue weighted by atomic mass is 9.96. The predicted octanol–water partition coefficient (Wildman–Crippen LogP) is 29.1. The molecule has 0 saturated heterocycles. The number of hydrogen-bond donors (Lipinski definition) is 2. The van der Waals surface area contributed by atoms with Crippen LogP contribution >= 0.6 is 35.3 Å². The van der Waals surface area contributed by atoms with Crippen molar-refractivity contribution in [2.24, 2.45) is 0 Å². The van der Waals surface area contributed by atoms with Crippen LogP contribution in [0.4, 0.5) is 176 Å². The molecule has 2 N–H and O–H groups in total. The van der Waals surface area contributed by atoms with Gasteiger partial charge in [0.1, 0.15) is 23.0 Å². The van der Waals surface area contributed by atoms with Crippen LogP contribution in [0.15, 0.2) is 151 Å². The molecule has 0 unspecified atom stereocenters. The second-order valence-corrected chi connectivity index (χ2v) is 27.0. The molecule has 0 aliphatic carbocycles. The zero-order chi connectivity index (χ0) is 91.7. The van der Waals surface area contributed by atoms with Crippen molar-refractivity contribution in [2.75, 3.05) is 0 Å². The van der Waals surface area contributed by atoms with E-state index in [2.05, 4.69) is 0 Å². The lowest BCUT2D eigenvalue weighted by Gasteiger charge is -2.20. The average molecular weight is 1860 g/mol. The third-order valence-corrected chi connectivity index (χ3v) is 19.7. The standard InChI is InChI=1S/C44H10F24O2S2.C20H12F6O2.C12F10S/c45-19-21(47)29(55)39(30(56)22(19)48)71-41-33(59)25(51)37(26(52)34(41)60)69-17-10-16(12-3-7-14(8-4-12)44(66,67)68)18(9-15(17)11-1-5-13(6-2-11)43(63,64)65)70-38-27(53)35(61)42(36(62)28(38)54)72-40-31(57)23(49)20(46)24(50)32(40)58;21-19(22,23)13-5-1-11(2-6-13)15-9-18(28)16(10-17(15)27)12-3-7-14(8-4-12)20(24,25)26;13-1-3(15)7(19)11(8(20)4(1)16)23-12-9(21)5(17)2(14)6(18)10(12)22/h1-10H;1-10,27-28H;. The molecule has 0 saturated carbocycles. The van der Waals surface area contributed by atoms with Gasteiger partial charge in [0.2, 0.25) is 58.0 Å². The molecule has 47 heteroatoms. The topological polar surface area (TPSA) is 58.9 Å². The fourth-order valence-corrected chi connectivity index (χ4v) is 13.1. The Bertz CT molecular complexity index is 5650. The molecule has 0 amide bonds. The van der Waals surface area contributed by atoms with E-state index in [0.29, 0.717) is 60.7 Å². The molecule has 0 fully saturated rings. The average Bonchev–Trinajstić information content (AvgIpc) is 0.769. The van der Waals surface area contributed by atoms with E-state index in [0.717, 1.165) is 60.7 Å². The van der Waals surface area contributed by atoms with Gasteiger partial charge >= 0.3 is 24.7 Å². The molecule has 0 spiro atoms. The molecule has 0 aromatic heterocycles. The molecule has 4 nitrogen and oxygen atoms in total. The van der Waals surface area contributed by atoms with Gasteiger partial charge in [0.25, 0.3) is 0 Å². The summed E-state index contributed by atoms with van der Waals surface area (Å²) in [4.78, 5) is -12.1. The highest BCUT2D eigenvalue weighted by Gasteiger charge is 2.40. The Labute approximate surface area is 667 Å². The molecule has 648 valence electrons. The molecule has 0 radical (unpaired) electrons. The van der Waals surface area contributed by atoms with Crippen molar-refractivity contribution in [3.8, 4) is 79.0 Å². The van der Waals surface area contributed by atoms with Crippen LogP contribution in [0, 0.1) is 163 Å². The first-order valence-electron chi connectivity index (χ1n) is 31.6. The minimum atomic E-state index is -5.11. The van der Waals surface area contributed by atoms with E-state index in [1.807, 2.05) is 0 Å². The van der Waals surface area contributed by atoms with Gasteiger partial charge in [0.15, 0.2) is 116 Å². The minimum Gasteiger partial charge on any atom is -0.507 e. The van der Waals surface area contributed by atoms with E-state index in [4.69, 9.17) is 9.47 Å². The van der Waals surface area contributed by atoms with Crippen LogP contribution in [0.3, 0.4) is 0 Å². The second-order valence-electron chi connectivity index (χ2n) is 24.0. The van der Waals surface area contributed by atoms with Crippen molar-refractivity contribution in [3.63, 3.8) is 0 Å². The molecule has 0 aliphatic heterocycles. The number of phenols is 2. The highest BCUT2D eigenvalue weighted by Crippen LogP contribution is 2.52. The zero-order valence-electron chi connectivity index (χ0n) is 57.6. The Morgan fingerprint density at radius 2 is 0.333 bits per heavy atom. The van der Waals surface area contributed by atoms with E-state index in [1.54, 1.807) is 0 Å². The molecule has 12 aromatic carbocycles. The summed E-state index contributed by atoms with van der Waals surface area (Å²) >= 11 is -2.97. The maximum Gasteiger partial charge on any atom is 0.416 e. The Balaban J connectivity index is 0.000000250. The molecule has 0 heterocycles. The largest absolute Gasteiger partial charge is 0.507 e. The quantitative estimate of drug-likeness (QED) is 0.0487. The fourth-order valence-electron chi connectivity index (χ4n) is 10.3. The highest BCUT2D eigenvalue weighted by atomic mass is 32.2. The number of hydrogen-bond acceptors (Lipinski definition) is 7. The molecular formula is C76H22F40O4S3. The maximum atomic E-state index is 15.8. The van der Waals surface area contributed by atoms with Crippen LogP contribution in [-0.2, 0) is 24.7 Å². The van der Waals surface area contributed by atoms with Gasteiger partial charge < -0.3 is 19.7 Å². The van der Waals surface area contributed by atoms with E-state index >= 15 is 35.1 Å². The van der Waals surface area contributed by atoms with Crippen molar-refractivity contribution in [2.45, 2.75) is 54.1 Å². The Kier molecular flexibility index (Phi) is 26.7. The molecular weight excluding hydrogens is 1830 g/mol. The smallest absolute Gasteiger partial charge is 0.416 e. The third kappa shape index (κ3) is 18.4. The summed E-state index contributed by atoms with van der Waals surface area (Å²) < 4.78 is 564. The number of aromatic hydroxyl groups is 2. The first-order chi connectivity index (χ1) is 57.0. The number of ether oxygens (including phenoxy) is 2. The first kappa shape index (κ1) is 93.4. The van der Waals surface area contributed by atoms with Gasteiger partial charge in [-0.1, -0.05) is 83.8 Å². The Morgan fingerprint density at radius 3 is 0.496 bits per heavy atom. The van der Waals surface area contributed by atoms with Crippen molar-refractivity contribution in [1.29, 1.82) is 0 Å². The number of benzene rings is 12. The Hall–Kier alpha value is -11.9. The van der Waals surface area contributed by atoms with Gasteiger partial charge in [-0.3, -0.25) is 0 Å². The van der Waals surface area contributed by atoms with Crippen molar-refractivity contribution < 1.29 is 195 Å². The summed E-state index contributed by atoms with van der Waals surface area (Å²) in [6.45, 7) is 0. The molecule has 0 bridgehead atoms. The number of alkyl halides is 12. The zero-order valence-corrected chi connectivity index (χ0v) is 60.1. The Morgan fingerprint density at radius 1 is 0.187 bits per heavy atom. The molecule has 0 aliphatic rings. The van der Waals surface area contributed by atoms with Gasteiger partial charge in [-0.25, -0.2) is 105 Å². The van der Waals surface area contributed by atoms with Gasteiger partial charge in [0.05, 0.1) is 51.6 Å². The van der Waals surface area contributed by atoms with E-state index < -0.39 is 320 Å². The van der Waals surface area contributed by atoms with E-state index in [9.17, 15) is 151 Å². The molecule has 12 aromatic rings. The SMILES string of the molecule is Fc1c(F)c(F)c(Sc2c(F)c(F)c(F)c(F)c2F)c(F)c1F.Fc1c(F)c(F)c(Sc2c(F)c(F)c(Oc3cc(-c4ccc(C(F)(F)F)cc4)c(Oc4c(F)c(F)c(Sc5c(F)c(F)c(F)c(F)c5F)c(F)c4F)cc3-c3ccc(C(F)(F)F)cc3)c(F)c2F)c(F)c1F.Oc1cc(-c2ccc(C(F)(F)F)cc2)c(O)cc1-c1ccc(C(F)(F)F)cc1. The lowest BCUT2D eigenvalue weighted by molar-refractivity contribution is -0.138. The number of rotatable bonds is 14. The summed E-state index contributed by atoms with van der Waals surface area (Å²) in [7, 11) is 0. The molecule has 123 heavy (non-hydrogen) atoms. The minimum absolute atomic E-state index is 0.0851. The summed E-state index contributed by atoms with van der Waals surface area (Å²) in [5.41, 5.74) is -7.28. The number of phenolic OH excluding ortho intramolecular Hbond substituents is 2. The van der Waals surface area contributed by atoms with Crippen LogP contribution < -0.4 is 9.47 Å². The van der Waals surface area contributed by atoms with Crippen LogP contribution in [0.5, 0.6) is 34.5 Å². The van der Waals surface area contributed by atoms with E-state index in [1.165, 1.54) is 0 Å². The first-order valence-corrected chi connectivity index (χ1v) is 34.1. The maximum absolute atomic E-state index is 15.8. The summed E-state index contributed by atoms with van der Waals surface area (Å²) in [5, 5.41) is 20.5.